The highest BCUT2D eigenvalue weighted by Gasteiger charge is 2.24. The molecule has 170 valence electrons. The van der Waals surface area contributed by atoms with Crippen molar-refractivity contribution in [3.8, 4) is 0 Å². The molecule has 30 heavy (non-hydrogen) atoms. The van der Waals surface area contributed by atoms with Crippen LogP contribution < -0.4 is 33.2 Å². The maximum absolute atomic E-state index is 12.3. The maximum Gasteiger partial charge on any atom is 0.325 e. The van der Waals surface area contributed by atoms with Gasteiger partial charge in [-0.3, -0.25) is 29.0 Å². The predicted octanol–water partition coefficient (Wildman–Crippen LogP) is -3.58. The highest BCUT2D eigenvalue weighted by atomic mass is 16.4. The lowest BCUT2D eigenvalue weighted by molar-refractivity contribution is -0.141. The molecule has 0 aromatic carbocycles. The molecule has 11 N–H and O–H groups in total. The van der Waals surface area contributed by atoms with Crippen LogP contribution in [0.25, 0.3) is 0 Å². The van der Waals surface area contributed by atoms with Crippen LogP contribution in [0.2, 0.25) is 0 Å². The molecule has 0 heterocycles. The van der Waals surface area contributed by atoms with Gasteiger partial charge in [-0.25, -0.2) is 0 Å². The Morgan fingerprint density at radius 2 is 1.63 bits per heavy atom. The molecule has 0 aromatic rings. The summed E-state index contributed by atoms with van der Waals surface area (Å²) in [7, 11) is 0. The van der Waals surface area contributed by atoms with Crippen molar-refractivity contribution < 1.29 is 34.2 Å². The van der Waals surface area contributed by atoms with Gasteiger partial charge < -0.3 is 43.4 Å². The van der Waals surface area contributed by atoms with Gasteiger partial charge >= 0.3 is 11.9 Å². The molecule has 0 saturated carbocycles. The zero-order valence-corrected chi connectivity index (χ0v) is 16.6. The van der Waals surface area contributed by atoms with E-state index < -0.39 is 54.3 Å². The largest absolute Gasteiger partial charge is 0.481 e. The average molecular weight is 431 g/mol. The summed E-state index contributed by atoms with van der Waals surface area (Å²) in [6, 6.07) is -3.38. The zero-order chi connectivity index (χ0) is 23.3. The molecular weight excluding hydrogens is 402 g/mol. The lowest BCUT2D eigenvalue weighted by Gasteiger charge is -2.20. The highest BCUT2D eigenvalue weighted by Crippen LogP contribution is 2.00. The van der Waals surface area contributed by atoms with Crippen LogP contribution in [0.15, 0.2) is 4.99 Å². The molecule has 0 rings (SSSR count). The SMILES string of the molecule is CC(NC(=O)C(CCCN=C(N)N)NC(=O)CNC(=O)C(N)CCC(=O)O)C(=O)O. The van der Waals surface area contributed by atoms with E-state index in [4.69, 9.17) is 27.4 Å². The van der Waals surface area contributed by atoms with Crippen LogP contribution in [-0.4, -0.2) is 77.0 Å². The van der Waals surface area contributed by atoms with Crippen LogP contribution in [0.4, 0.5) is 0 Å². The standard InChI is InChI=1S/C16H29N7O7/c1-8(15(29)30)22-14(28)10(3-2-6-20-16(18)19)23-11(24)7-21-13(27)9(17)4-5-12(25)26/h8-10H,2-7,17H2,1H3,(H,21,27)(H,22,28)(H,23,24)(H,25,26)(H,29,30)(H4,18,19,20). The Hall–Kier alpha value is -3.42. The van der Waals surface area contributed by atoms with E-state index in [0.717, 1.165) is 0 Å². The van der Waals surface area contributed by atoms with Crippen molar-refractivity contribution in [1.29, 1.82) is 0 Å². The summed E-state index contributed by atoms with van der Waals surface area (Å²) in [5.41, 5.74) is 15.9. The quantitative estimate of drug-likeness (QED) is 0.0762. The molecule has 0 aliphatic carbocycles. The number of carbonyl (C=O) groups is 5. The molecular formula is C16H29N7O7. The van der Waals surface area contributed by atoms with Gasteiger partial charge in [-0.15, -0.1) is 0 Å². The van der Waals surface area contributed by atoms with Gasteiger partial charge in [0, 0.05) is 13.0 Å². The fraction of sp³-hybridized carbons (Fsp3) is 0.625. The molecule has 0 aliphatic rings. The Kier molecular flexibility index (Phi) is 12.1. The van der Waals surface area contributed by atoms with Gasteiger partial charge in [0.1, 0.15) is 12.1 Å². The van der Waals surface area contributed by atoms with Crippen molar-refractivity contribution in [3.05, 3.63) is 0 Å². The molecule has 0 aromatic heterocycles. The fourth-order valence-electron chi connectivity index (χ4n) is 2.10. The number of carboxylic acid groups (broad SMARTS) is 2. The Morgan fingerprint density at radius 3 is 2.17 bits per heavy atom. The minimum atomic E-state index is -1.25. The number of hydrogen-bond donors (Lipinski definition) is 8. The summed E-state index contributed by atoms with van der Waals surface area (Å²) in [6.07, 6.45) is 0.00315. The third-order valence-corrected chi connectivity index (χ3v) is 3.76. The van der Waals surface area contributed by atoms with Crippen molar-refractivity contribution in [2.45, 2.75) is 50.7 Å². The van der Waals surface area contributed by atoms with Gasteiger partial charge in [0.05, 0.1) is 12.6 Å². The monoisotopic (exact) mass is 431 g/mol. The summed E-state index contributed by atoms with van der Waals surface area (Å²) in [6.45, 7) is 0.939. The smallest absolute Gasteiger partial charge is 0.325 e. The van der Waals surface area contributed by atoms with Crippen LogP contribution in [0.5, 0.6) is 0 Å². The van der Waals surface area contributed by atoms with Crippen molar-refractivity contribution in [1.82, 2.24) is 16.0 Å². The van der Waals surface area contributed by atoms with Gasteiger partial charge in [0.25, 0.3) is 0 Å². The van der Waals surface area contributed by atoms with Crippen molar-refractivity contribution in [3.63, 3.8) is 0 Å². The molecule has 0 spiro atoms. The van der Waals surface area contributed by atoms with E-state index in [9.17, 15) is 24.0 Å². The summed E-state index contributed by atoms with van der Waals surface area (Å²) >= 11 is 0. The molecule has 3 amide bonds. The number of nitrogens with one attached hydrogen (secondary N) is 3. The number of aliphatic imine (C=N–C) groups is 1. The summed E-state index contributed by atoms with van der Waals surface area (Å²) in [5, 5.41) is 24.4. The number of nitrogens with two attached hydrogens (primary N) is 3. The Labute approximate surface area is 172 Å². The Morgan fingerprint density at radius 1 is 1.00 bits per heavy atom. The second kappa shape index (κ2) is 13.7. The number of carboxylic acids is 2. The Bertz CT molecular complexity index is 664. The first-order valence-corrected chi connectivity index (χ1v) is 9.07. The third kappa shape index (κ3) is 12.1. The highest BCUT2D eigenvalue weighted by molar-refractivity contribution is 5.92. The minimum Gasteiger partial charge on any atom is -0.481 e. The van der Waals surface area contributed by atoms with Crippen LogP contribution in [-0.2, 0) is 24.0 Å². The van der Waals surface area contributed by atoms with E-state index in [1.807, 2.05) is 0 Å². The molecule has 0 fully saturated rings. The van der Waals surface area contributed by atoms with E-state index in [2.05, 4.69) is 20.9 Å². The Balaban J connectivity index is 4.77. The van der Waals surface area contributed by atoms with E-state index in [-0.39, 0.29) is 31.8 Å². The van der Waals surface area contributed by atoms with Gasteiger partial charge in [0.2, 0.25) is 17.7 Å². The number of guanidine groups is 1. The van der Waals surface area contributed by atoms with E-state index in [1.54, 1.807) is 0 Å². The second-order valence-corrected chi connectivity index (χ2v) is 6.39. The molecule has 3 atom stereocenters. The molecule has 0 radical (unpaired) electrons. The van der Waals surface area contributed by atoms with Gasteiger partial charge in [-0.05, 0) is 26.2 Å². The van der Waals surface area contributed by atoms with Gasteiger partial charge in [0.15, 0.2) is 5.96 Å². The predicted molar refractivity (Wildman–Crippen MR) is 105 cm³/mol. The summed E-state index contributed by atoms with van der Waals surface area (Å²) in [4.78, 5) is 61.3. The zero-order valence-electron chi connectivity index (χ0n) is 16.6. The van der Waals surface area contributed by atoms with Gasteiger partial charge in [-0.1, -0.05) is 0 Å². The number of rotatable bonds is 14. The number of amides is 3. The first-order chi connectivity index (χ1) is 13.9. The summed E-state index contributed by atoms with van der Waals surface area (Å²) < 4.78 is 0. The topological polar surface area (TPSA) is 252 Å². The van der Waals surface area contributed by atoms with Gasteiger partial charge in [-0.2, -0.15) is 0 Å². The lowest BCUT2D eigenvalue weighted by Crippen LogP contribution is -2.53. The lowest BCUT2D eigenvalue weighted by atomic mass is 10.1. The van der Waals surface area contributed by atoms with Crippen molar-refractivity contribution in [2.75, 3.05) is 13.1 Å². The molecule has 14 nitrogen and oxygen atoms in total. The third-order valence-electron chi connectivity index (χ3n) is 3.76. The molecule has 3 unspecified atom stereocenters. The van der Waals surface area contributed by atoms with E-state index in [0.29, 0.717) is 6.42 Å². The van der Waals surface area contributed by atoms with E-state index in [1.165, 1.54) is 6.92 Å². The molecule has 0 aliphatic heterocycles. The first kappa shape index (κ1) is 26.6. The van der Waals surface area contributed by atoms with E-state index >= 15 is 0 Å². The molecule has 14 heteroatoms. The van der Waals surface area contributed by atoms with Crippen LogP contribution >= 0.6 is 0 Å². The number of aliphatic carboxylic acids is 2. The van der Waals surface area contributed by atoms with Crippen molar-refractivity contribution in [2.24, 2.45) is 22.2 Å². The number of hydrogen-bond acceptors (Lipinski definition) is 7. The average Bonchev–Trinajstić information content (AvgIpc) is 2.65. The van der Waals surface area contributed by atoms with Crippen LogP contribution in [0.3, 0.4) is 0 Å². The number of nitrogens with zero attached hydrogens (tertiary/aromatic N) is 1. The van der Waals surface area contributed by atoms with Crippen molar-refractivity contribution >= 4 is 35.6 Å². The number of carbonyl (C=O) groups excluding carboxylic acids is 3. The van der Waals surface area contributed by atoms with Crippen LogP contribution in [0, 0.1) is 0 Å². The second-order valence-electron chi connectivity index (χ2n) is 6.39. The normalized spacial score (nSPS) is 13.3. The summed E-state index contributed by atoms with van der Waals surface area (Å²) in [5.74, 6) is -4.68. The first-order valence-electron chi connectivity index (χ1n) is 9.07. The molecule has 0 saturated heterocycles. The van der Waals surface area contributed by atoms with Crippen LogP contribution in [0.1, 0.15) is 32.6 Å². The fourth-order valence-corrected chi connectivity index (χ4v) is 2.10. The molecule has 0 bridgehead atoms. The maximum atomic E-state index is 12.3. The minimum absolute atomic E-state index is 0.104.